The summed E-state index contributed by atoms with van der Waals surface area (Å²) < 4.78 is 13.4. The predicted octanol–water partition coefficient (Wildman–Crippen LogP) is 2.74. The van der Waals surface area contributed by atoms with Gasteiger partial charge in [-0.15, -0.1) is 0 Å². The largest absolute Gasteiger partial charge is 0.397 e. The van der Waals surface area contributed by atoms with E-state index in [1.54, 1.807) is 6.07 Å². The molecule has 1 atom stereocenters. The molecule has 3 rings (SSSR count). The topological polar surface area (TPSA) is 32.5 Å². The third-order valence-electron chi connectivity index (χ3n) is 4.25. The van der Waals surface area contributed by atoms with Gasteiger partial charge in [-0.05, 0) is 25.5 Å². The van der Waals surface area contributed by atoms with Crippen LogP contribution < -0.4 is 10.6 Å². The van der Waals surface area contributed by atoms with Crippen molar-refractivity contribution in [3.8, 4) is 0 Å². The van der Waals surface area contributed by atoms with Crippen molar-refractivity contribution >= 4 is 23.0 Å². The molecule has 19 heavy (non-hydrogen) atoms. The zero-order valence-electron chi connectivity index (χ0n) is 10.9. The first kappa shape index (κ1) is 13.0. The second-order valence-corrected chi connectivity index (χ2v) is 5.86. The quantitative estimate of drug-likeness (QED) is 0.805. The Morgan fingerprint density at radius 1 is 1.21 bits per heavy atom. The number of fused-ring (bicyclic) bond motifs is 1. The number of hydrogen-bond acceptors (Lipinski definition) is 3. The molecule has 0 amide bonds. The lowest BCUT2D eigenvalue weighted by Gasteiger charge is -2.45. The Hall–Kier alpha value is -1.00. The van der Waals surface area contributed by atoms with Crippen molar-refractivity contribution in [1.82, 2.24) is 4.90 Å². The van der Waals surface area contributed by atoms with Crippen LogP contribution in [-0.4, -0.2) is 37.1 Å². The van der Waals surface area contributed by atoms with Crippen LogP contribution in [0.25, 0.3) is 0 Å². The second kappa shape index (κ2) is 5.17. The molecule has 1 unspecified atom stereocenters. The van der Waals surface area contributed by atoms with Crippen LogP contribution in [0.4, 0.5) is 15.8 Å². The van der Waals surface area contributed by atoms with E-state index in [0.29, 0.717) is 11.7 Å². The van der Waals surface area contributed by atoms with Crippen LogP contribution in [-0.2, 0) is 0 Å². The summed E-state index contributed by atoms with van der Waals surface area (Å²) in [5.41, 5.74) is 7.29. The lowest BCUT2D eigenvalue weighted by atomic mass is 9.99. The highest BCUT2D eigenvalue weighted by molar-refractivity contribution is 6.31. The van der Waals surface area contributed by atoms with Crippen LogP contribution in [0.5, 0.6) is 0 Å². The van der Waals surface area contributed by atoms with E-state index in [1.807, 2.05) is 0 Å². The maximum absolute atomic E-state index is 13.4. The average Bonchev–Trinajstić information content (AvgIpc) is 2.42. The molecule has 2 aliphatic rings. The fourth-order valence-corrected chi connectivity index (χ4v) is 3.36. The highest BCUT2D eigenvalue weighted by Crippen LogP contribution is 2.32. The number of piperidine rings is 1. The van der Waals surface area contributed by atoms with Gasteiger partial charge in [0.05, 0.1) is 16.4 Å². The van der Waals surface area contributed by atoms with Crippen molar-refractivity contribution in [2.75, 3.05) is 36.8 Å². The summed E-state index contributed by atoms with van der Waals surface area (Å²) >= 11 is 5.87. The third kappa shape index (κ3) is 2.51. The molecule has 3 nitrogen and oxygen atoms in total. The van der Waals surface area contributed by atoms with E-state index in [-0.39, 0.29) is 5.02 Å². The minimum atomic E-state index is -0.445. The Morgan fingerprint density at radius 2 is 2.05 bits per heavy atom. The van der Waals surface area contributed by atoms with Gasteiger partial charge >= 0.3 is 0 Å². The first-order chi connectivity index (χ1) is 9.15. The van der Waals surface area contributed by atoms with E-state index >= 15 is 0 Å². The maximum atomic E-state index is 13.4. The van der Waals surface area contributed by atoms with Gasteiger partial charge in [-0.2, -0.15) is 0 Å². The Bertz CT molecular complexity index is 480. The summed E-state index contributed by atoms with van der Waals surface area (Å²) in [7, 11) is 0. The molecule has 2 heterocycles. The Labute approximate surface area is 118 Å². The molecule has 0 spiro atoms. The van der Waals surface area contributed by atoms with Gasteiger partial charge in [0, 0.05) is 31.7 Å². The minimum Gasteiger partial charge on any atom is -0.397 e. The van der Waals surface area contributed by atoms with Gasteiger partial charge < -0.3 is 10.6 Å². The highest BCUT2D eigenvalue weighted by Gasteiger charge is 2.29. The van der Waals surface area contributed by atoms with Crippen molar-refractivity contribution in [2.24, 2.45) is 0 Å². The van der Waals surface area contributed by atoms with Crippen molar-refractivity contribution in [3.63, 3.8) is 0 Å². The molecule has 2 N–H and O–H groups in total. The molecular formula is C14H19ClFN3. The Morgan fingerprint density at radius 3 is 2.89 bits per heavy atom. The van der Waals surface area contributed by atoms with Crippen LogP contribution in [0.2, 0.25) is 5.02 Å². The van der Waals surface area contributed by atoms with Gasteiger partial charge in [-0.25, -0.2) is 4.39 Å². The highest BCUT2D eigenvalue weighted by atomic mass is 35.5. The molecule has 5 heteroatoms. The van der Waals surface area contributed by atoms with Gasteiger partial charge in [0.1, 0.15) is 5.82 Å². The van der Waals surface area contributed by atoms with Crippen molar-refractivity contribution in [1.29, 1.82) is 0 Å². The molecule has 2 saturated heterocycles. The summed E-state index contributed by atoms with van der Waals surface area (Å²) in [5, 5.41) is 0.148. The lowest BCUT2D eigenvalue weighted by Crippen LogP contribution is -2.55. The number of nitrogens with zero attached hydrogens (tertiary/aromatic N) is 2. The summed E-state index contributed by atoms with van der Waals surface area (Å²) in [6.07, 6.45) is 3.85. The van der Waals surface area contributed by atoms with E-state index in [1.165, 1.54) is 31.9 Å². The van der Waals surface area contributed by atoms with Gasteiger partial charge in [0.25, 0.3) is 0 Å². The fraction of sp³-hybridized carbons (Fsp3) is 0.571. The van der Waals surface area contributed by atoms with Crippen LogP contribution >= 0.6 is 11.6 Å². The number of benzene rings is 1. The zero-order chi connectivity index (χ0) is 13.4. The number of nitrogen functional groups attached to an aromatic ring is 1. The molecular weight excluding hydrogens is 265 g/mol. The predicted molar refractivity (Wildman–Crippen MR) is 77.2 cm³/mol. The van der Waals surface area contributed by atoms with Gasteiger partial charge in [-0.1, -0.05) is 18.0 Å². The zero-order valence-corrected chi connectivity index (χ0v) is 11.7. The van der Waals surface area contributed by atoms with Crippen molar-refractivity contribution < 1.29 is 4.39 Å². The number of piperazine rings is 1. The van der Waals surface area contributed by atoms with Gasteiger partial charge in [0.15, 0.2) is 0 Å². The van der Waals surface area contributed by atoms with Crippen molar-refractivity contribution in [3.05, 3.63) is 23.0 Å². The van der Waals surface area contributed by atoms with E-state index in [9.17, 15) is 4.39 Å². The summed E-state index contributed by atoms with van der Waals surface area (Å²) in [6, 6.07) is 3.58. The molecule has 0 aromatic heterocycles. The van der Waals surface area contributed by atoms with Gasteiger partial charge in [-0.3, -0.25) is 4.90 Å². The Balaban J connectivity index is 1.81. The van der Waals surface area contributed by atoms with Crippen molar-refractivity contribution in [2.45, 2.75) is 25.3 Å². The van der Waals surface area contributed by atoms with Crippen LogP contribution in [0.3, 0.4) is 0 Å². The maximum Gasteiger partial charge on any atom is 0.143 e. The number of anilines is 2. The molecule has 2 fully saturated rings. The summed E-state index contributed by atoms with van der Waals surface area (Å²) in [5.74, 6) is -0.445. The summed E-state index contributed by atoms with van der Waals surface area (Å²) in [6.45, 7) is 4.16. The lowest BCUT2D eigenvalue weighted by molar-refractivity contribution is 0.133. The standard InChI is InChI=1S/C14H19ClFN3/c15-11-7-14(13(17)8-12(11)16)19-6-5-18-4-2-1-3-10(18)9-19/h7-8,10H,1-6,9,17H2. The average molecular weight is 284 g/mol. The monoisotopic (exact) mass is 283 g/mol. The molecule has 0 saturated carbocycles. The SMILES string of the molecule is Nc1cc(F)c(Cl)cc1N1CCN2CCCCC2C1. The number of nitrogens with two attached hydrogens (primary N) is 1. The molecule has 104 valence electrons. The van der Waals surface area contributed by atoms with E-state index in [0.717, 1.165) is 25.3 Å². The van der Waals surface area contributed by atoms with Crippen LogP contribution in [0.1, 0.15) is 19.3 Å². The van der Waals surface area contributed by atoms with E-state index in [4.69, 9.17) is 17.3 Å². The molecule has 0 aliphatic carbocycles. The number of rotatable bonds is 1. The molecule has 0 radical (unpaired) electrons. The first-order valence-electron chi connectivity index (χ1n) is 6.88. The number of halogens is 2. The smallest absolute Gasteiger partial charge is 0.143 e. The molecule has 1 aromatic rings. The molecule has 0 bridgehead atoms. The van der Waals surface area contributed by atoms with E-state index < -0.39 is 5.82 Å². The molecule has 1 aromatic carbocycles. The van der Waals surface area contributed by atoms with Gasteiger partial charge in [0.2, 0.25) is 0 Å². The first-order valence-corrected chi connectivity index (χ1v) is 7.26. The Kier molecular flexibility index (Phi) is 3.54. The van der Waals surface area contributed by atoms with Crippen LogP contribution in [0, 0.1) is 5.82 Å². The minimum absolute atomic E-state index is 0.148. The molecule has 2 aliphatic heterocycles. The second-order valence-electron chi connectivity index (χ2n) is 5.46. The fourth-order valence-electron chi connectivity index (χ4n) is 3.20. The summed E-state index contributed by atoms with van der Waals surface area (Å²) in [4.78, 5) is 4.80. The van der Waals surface area contributed by atoms with Crippen LogP contribution in [0.15, 0.2) is 12.1 Å². The normalized spacial score (nSPS) is 24.3. The third-order valence-corrected chi connectivity index (χ3v) is 4.54. The number of hydrogen-bond donors (Lipinski definition) is 1. The van der Waals surface area contributed by atoms with E-state index in [2.05, 4.69) is 9.80 Å².